The molecule has 2 aromatic heterocycles. The lowest BCUT2D eigenvalue weighted by molar-refractivity contribution is -0.145. The maximum atomic E-state index is 12.1. The number of rotatable bonds is 6. The zero-order valence-corrected chi connectivity index (χ0v) is 13.2. The summed E-state index contributed by atoms with van der Waals surface area (Å²) in [5.41, 5.74) is -0.450. The van der Waals surface area contributed by atoms with Crippen LogP contribution in [0.25, 0.3) is 0 Å². The van der Waals surface area contributed by atoms with Crippen LogP contribution in [0.1, 0.15) is 5.69 Å². The highest BCUT2D eigenvalue weighted by atomic mass is 16.5. The molecule has 0 radical (unpaired) electrons. The van der Waals surface area contributed by atoms with Crippen molar-refractivity contribution in [2.45, 2.75) is 19.0 Å². The summed E-state index contributed by atoms with van der Waals surface area (Å²) in [6.07, 6.45) is 4.38. The molecule has 0 saturated carbocycles. The normalized spacial score (nSPS) is 11.8. The van der Waals surface area contributed by atoms with Crippen molar-refractivity contribution in [1.29, 1.82) is 0 Å². The van der Waals surface area contributed by atoms with E-state index in [1.165, 1.54) is 38.9 Å². The molecule has 1 atom stereocenters. The van der Waals surface area contributed by atoms with Crippen molar-refractivity contribution < 1.29 is 14.3 Å². The number of esters is 1. The van der Waals surface area contributed by atoms with Crippen LogP contribution in [0.3, 0.4) is 0 Å². The molecule has 0 saturated heterocycles. The van der Waals surface area contributed by atoms with Gasteiger partial charge < -0.3 is 15.0 Å². The van der Waals surface area contributed by atoms with Crippen LogP contribution in [0.15, 0.2) is 34.4 Å². The van der Waals surface area contributed by atoms with E-state index in [1.54, 1.807) is 0 Å². The van der Waals surface area contributed by atoms with Gasteiger partial charge in [-0.25, -0.2) is 14.6 Å². The molecule has 0 aliphatic heterocycles. The number of imidazole rings is 1. The van der Waals surface area contributed by atoms with E-state index < -0.39 is 29.2 Å². The van der Waals surface area contributed by atoms with Crippen LogP contribution >= 0.6 is 0 Å². The molecule has 2 N–H and O–H groups in total. The minimum atomic E-state index is -0.925. The summed E-state index contributed by atoms with van der Waals surface area (Å²) in [5.74, 6) is -1.18. The monoisotopic (exact) mass is 335 g/mol. The van der Waals surface area contributed by atoms with Crippen LogP contribution in [0.2, 0.25) is 0 Å². The molecule has 0 aliphatic rings. The highest BCUT2D eigenvalue weighted by Gasteiger charge is 2.22. The fourth-order valence-electron chi connectivity index (χ4n) is 2.08. The molecule has 2 rings (SSSR count). The number of carbonyl (C=O) groups excluding carboxylic acids is 2. The van der Waals surface area contributed by atoms with Crippen LogP contribution in [-0.4, -0.2) is 44.1 Å². The van der Waals surface area contributed by atoms with Crippen LogP contribution < -0.4 is 16.6 Å². The maximum absolute atomic E-state index is 12.1. The summed E-state index contributed by atoms with van der Waals surface area (Å²) < 4.78 is 6.62. The number of hydrogen-bond acceptors (Lipinski definition) is 6. The van der Waals surface area contributed by atoms with E-state index in [2.05, 4.69) is 20.0 Å². The Bertz CT molecular complexity index is 836. The molecule has 0 aliphatic carbocycles. The number of carbonyl (C=O) groups is 2. The topological polar surface area (TPSA) is 128 Å². The van der Waals surface area contributed by atoms with Gasteiger partial charge in [0.1, 0.15) is 12.6 Å². The standard InChI is InChI=1S/C14H17N5O5/c1-18-12(21)3-4-19(14(18)23)7-11(20)17-10(13(22)24-2)5-9-6-15-8-16-9/h3-4,6,8,10H,5,7H2,1-2H3,(H,15,16)(H,17,20)/t10-/m0/s1. The van der Waals surface area contributed by atoms with E-state index in [-0.39, 0.29) is 13.0 Å². The number of ether oxygens (including phenoxy) is 1. The van der Waals surface area contributed by atoms with Gasteiger partial charge in [0.15, 0.2) is 0 Å². The summed E-state index contributed by atoms with van der Waals surface area (Å²) >= 11 is 0. The van der Waals surface area contributed by atoms with Crippen LogP contribution in [0.5, 0.6) is 0 Å². The van der Waals surface area contributed by atoms with E-state index in [9.17, 15) is 19.2 Å². The smallest absolute Gasteiger partial charge is 0.331 e. The van der Waals surface area contributed by atoms with E-state index in [1.807, 2.05) is 0 Å². The third-order valence-electron chi connectivity index (χ3n) is 3.37. The number of nitrogens with zero attached hydrogens (tertiary/aromatic N) is 3. The minimum Gasteiger partial charge on any atom is -0.467 e. The Morgan fingerprint density at radius 2 is 2.17 bits per heavy atom. The largest absolute Gasteiger partial charge is 0.467 e. The summed E-state index contributed by atoms with van der Waals surface area (Å²) in [5, 5.41) is 2.51. The van der Waals surface area contributed by atoms with Gasteiger partial charge in [0.2, 0.25) is 5.91 Å². The average Bonchev–Trinajstić information content (AvgIpc) is 3.07. The van der Waals surface area contributed by atoms with Gasteiger partial charge in [-0.3, -0.25) is 18.7 Å². The molecular weight excluding hydrogens is 318 g/mol. The maximum Gasteiger partial charge on any atom is 0.331 e. The van der Waals surface area contributed by atoms with Gasteiger partial charge in [0.25, 0.3) is 5.56 Å². The summed E-state index contributed by atoms with van der Waals surface area (Å²) in [4.78, 5) is 53.8. The Morgan fingerprint density at radius 1 is 1.42 bits per heavy atom. The lowest BCUT2D eigenvalue weighted by Gasteiger charge is -2.16. The molecule has 10 heteroatoms. The number of hydrogen-bond donors (Lipinski definition) is 2. The molecule has 24 heavy (non-hydrogen) atoms. The van der Waals surface area contributed by atoms with Gasteiger partial charge >= 0.3 is 11.7 Å². The second-order valence-electron chi connectivity index (χ2n) is 5.05. The zero-order valence-electron chi connectivity index (χ0n) is 13.2. The average molecular weight is 335 g/mol. The first-order chi connectivity index (χ1) is 11.4. The second-order valence-corrected chi connectivity index (χ2v) is 5.05. The molecule has 2 aromatic rings. The Hall–Kier alpha value is -3.17. The summed E-state index contributed by atoms with van der Waals surface area (Å²) in [6, 6.07) is 0.253. The highest BCUT2D eigenvalue weighted by molar-refractivity contribution is 5.84. The quantitative estimate of drug-likeness (QED) is 0.598. The molecule has 0 bridgehead atoms. The lowest BCUT2D eigenvalue weighted by atomic mass is 10.1. The van der Waals surface area contributed by atoms with Crippen molar-refractivity contribution in [3.63, 3.8) is 0 Å². The van der Waals surface area contributed by atoms with E-state index in [4.69, 9.17) is 0 Å². The Labute approximate surface area is 136 Å². The van der Waals surface area contributed by atoms with Crippen molar-refractivity contribution in [3.8, 4) is 0 Å². The number of nitrogens with one attached hydrogen (secondary N) is 2. The lowest BCUT2D eigenvalue weighted by Crippen LogP contribution is -2.46. The van der Waals surface area contributed by atoms with Crippen LogP contribution in [-0.2, 0) is 34.3 Å². The van der Waals surface area contributed by atoms with Crippen molar-refractivity contribution >= 4 is 11.9 Å². The molecule has 10 nitrogen and oxygen atoms in total. The van der Waals surface area contributed by atoms with Gasteiger partial charge in [-0.15, -0.1) is 0 Å². The Balaban J connectivity index is 2.10. The minimum absolute atomic E-state index is 0.167. The molecule has 1 amide bonds. The van der Waals surface area contributed by atoms with Gasteiger partial charge in [-0.2, -0.15) is 0 Å². The molecule has 2 heterocycles. The van der Waals surface area contributed by atoms with Gasteiger partial charge in [0.05, 0.1) is 13.4 Å². The number of aromatic amines is 1. The summed E-state index contributed by atoms with van der Waals surface area (Å²) in [7, 11) is 2.53. The predicted molar refractivity (Wildman–Crippen MR) is 82.2 cm³/mol. The zero-order chi connectivity index (χ0) is 17.7. The SMILES string of the molecule is COC(=O)[C@H](Cc1cnc[nH]1)NC(=O)Cn1ccc(=O)n(C)c1=O. The molecule has 0 unspecified atom stereocenters. The molecule has 0 spiro atoms. The molecule has 128 valence electrons. The molecular formula is C14H17N5O5. The molecule has 0 fully saturated rings. The third-order valence-corrected chi connectivity index (χ3v) is 3.37. The van der Waals surface area contributed by atoms with Crippen LogP contribution in [0.4, 0.5) is 0 Å². The number of methoxy groups -OCH3 is 1. The first-order valence-corrected chi connectivity index (χ1v) is 7.03. The predicted octanol–water partition coefficient (Wildman–Crippen LogP) is -1.83. The van der Waals surface area contributed by atoms with Crippen molar-refractivity contribution in [3.05, 3.63) is 51.3 Å². The first kappa shape index (κ1) is 17.2. The fraction of sp³-hybridized carbons (Fsp3) is 0.357. The van der Waals surface area contributed by atoms with Gasteiger partial charge in [-0.05, 0) is 0 Å². The third kappa shape index (κ3) is 3.97. The summed E-state index contributed by atoms with van der Waals surface area (Å²) in [6.45, 7) is -0.330. The van der Waals surface area contributed by atoms with Gasteiger partial charge in [-0.1, -0.05) is 0 Å². The number of H-pyrrole nitrogens is 1. The van der Waals surface area contributed by atoms with Gasteiger partial charge in [0, 0.05) is 37.6 Å². The number of aromatic nitrogens is 4. The van der Waals surface area contributed by atoms with Crippen LogP contribution in [0, 0.1) is 0 Å². The van der Waals surface area contributed by atoms with Crippen molar-refractivity contribution in [2.24, 2.45) is 7.05 Å². The number of amides is 1. The molecule has 0 aromatic carbocycles. The van der Waals surface area contributed by atoms with E-state index in [0.29, 0.717) is 5.69 Å². The second kappa shape index (κ2) is 7.40. The Kier molecular flexibility index (Phi) is 5.30. The van der Waals surface area contributed by atoms with E-state index in [0.717, 1.165) is 9.13 Å². The first-order valence-electron chi connectivity index (χ1n) is 7.03. The van der Waals surface area contributed by atoms with Crippen molar-refractivity contribution in [2.75, 3.05) is 7.11 Å². The Morgan fingerprint density at radius 3 is 2.79 bits per heavy atom. The highest BCUT2D eigenvalue weighted by Crippen LogP contribution is 2.00. The van der Waals surface area contributed by atoms with Crippen molar-refractivity contribution in [1.82, 2.24) is 24.4 Å². The fourth-order valence-corrected chi connectivity index (χ4v) is 2.08. The van der Waals surface area contributed by atoms with E-state index >= 15 is 0 Å².